The number of nitrogens with two attached hydrogens (primary N) is 1. The highest BCUT2D eigenvalue weighted by Gasteiger charge is 2.12. The number of para-hydroxylation sites is 1. The molecule has 122 valence electrons. The molecule has 0 saturated carbocycles. The second-order valence-corrected chi connectivity index (χ2v) is 6.56. The highest BCUT2D eigenvalue weighted by molar-refractivity contribution is 7.21. The van der Waals surface area contributed by atoms with E-state index in [1.165, 1.54) is 0 Å². The Kier molecular flexibility index (Phi) is 3.66. The average Bonchev–Trinajstić information content (AvgIpc) is 3.06. The molecular formula is C19H13N3O2S. The molecule has 0 fully saturated rings. The van der Waals surface area contributed by atoms with Gasteiger partial charge in [0.25, 0.3) is 0 Å². The van der Waals surface area contributed by atoms with Crippen molar-refractivity contribution < 1.29 is 9.90 Å². The van der Waals surface area contributed by atoms with Crippen LogP contribution in [-0.4, -0.2) is 21.0 Å². The Morgan fingerprint density at radius 2 is 1.88 bits per heavy atom. The zero-order chi connectivity index (χ0) is 17.4. The van der Waals surface area contributed by atoms with Gasteiger partial charge in [-0.1, -0.05) is 24.3 Å². The minimum absolute atomic E-state index is 0.232. The fourth-order valence-electron chi connectivity index (χ4n) is 2.62. The predicted octanol–water partition coefficient (Wildman–Crippen LogP) is 4.31. The van der Waals surface area contributed by atoms with Gasteiger partial charge in [0.2, 0.25) is 0 Å². The minimum atomic E-state index is -0.961. The summed E-state index contributed by atoms with van der Waals surface area (Å²) in [5.41, 5.74) is 9.53. The van der Waals surface area contributed by atoms with Gasteiger partial charge in [0, 0.05) is 11.8 Å². The molecule has 0 saturated heterocycles. The topological polar surface area (TPSA) is 89.1 Å². The van der Waals surface area contributed by atoms with E-state index in [1.807, 2.05) is 36.4 Å². The van der Waals surface area contributed by atoms with E-state index in [-0.39, 0.29) is 5.56 Å². The SMILES string of the molecule is Nc1ncc(-c2cccc(C(=O)O)c2)cc1-c1nc2ccccc2s1. The number of benzene rings is 2. The number of hydrogen-bond acceptors (Lipinski definition) is 5. The Balaban J connectivity index is 1.83. The molecule has 0 aliphatic carbocycles. The molecule has 2 aromatic heterocycles. The van der Waals surface area contributed by atoms with Crippen molar-refractivity contribution in [3.05, 3.63) is 66.4 Å². The Bertz CT molecular complexity index is 1070. The lowest BCUT2D eigenvalue weighted by Gasteiger charge is -2.07. The Hall–Kier alpha value is -3.25. The lowest BCUT2D eigenvalue weighted by Crippen LogP contribution is -1.97. The van der Waals surface area contributed by atoms with Crippen molar-refractivity contribution in [3.8, 4) is 21.7 Å². The van der Waals surface area contributed by atoms with Crippen LogP contribution in [0.25, 0.3) is 31.9 Å². The first-order valence-electron chi connectivity index (χ1n) is 7.57. The van der Waals surface area contributed by atoms with Gasteiger partial charge < -0.3 is 10.8 Å². The number of carbonyl (C=O) groups is 1. The predicted molar refractivity (Wildman–Crippen MR) is 99.7 cm³/mol. The number of rotatable bonds is 3. The van der Waals surface area contributed by atoms with Gasteiger partial charge in [0.1, 0.15) is 10.8 Å². The molecule has 6 heteroatoms. The maximum atomic E-state index is 11.2. The first-order valence-corrected chi connectivity index (χ1v) is 8.38. The van der Waals surface area contributed by atoms with Crippen LogP contribution < -0.4 is 5.73 Å². The van der Waals surface area contributed by atoms with Crippen molar-refractivity contribution in [1.29, 1.82) is 0 Å². The Labute approximate surface area is 147 Å². The molecule has 0 radical (unpaired) electrons. The van der Waals surface area contributed by atoms with Gasteiger partial charge in [-0.25, -0.2) is 14.8 Å². The summed E-state index contributed by atoms with van der Waals surface area (Å²) >= 11 is 1.55. The smallest absolute Gasteiger partial charge is 0.335 e. The van der Waals surface area contributed by atoms with Crippen molar-refractivity contribution in [2.75, 3.05) is 5.73 Å². The fraction of sp³-hybridized carbons (Fsp3) is 0. The molecule has 0 aliphatic rings. The minimum Gasteiger partial charge on any atom is -0.478 e. The highest BCUT2D eigenvalue weighted by Crippen LogP contribution is 2.35. The lowest BCUT2D eigenvalue weighted by molar-refractivity contribution is 0.0697. The molecule has 25 heavy (non-hydrogen) atoms. The van der Waals surface area contributed by atoms with Crippen LogP contribution >= 0.6 is 11.3 Å². The van der Waals surface area contributed by atoms with Crippen molar-refractivity contribution >= 4 is 33.3 Å². The van der Waals surface area contributed by atoms with Gasteiger partial charge in [-0.2, -0.15) is 0 Å². The number of nitrogen functional groups attached to an aromatic ring is 1. The van der Waals surface area contributed by atoms with Crippen molar-refractivity contribution in [1.82, 2.24) is 9.97 Å². The van der Waals surface area contributed by atoms with Crippen LogP contribution in [0.5, 0.6) is 0 Å². The molecule has 3 N–H and O–H groups in total. The standard InChI is InChI=1S/C19H13N3O2S/c20-17-14(18-22-15-6-1-2-7-16(15)25-18)9-13(10-21-17)11-4-3-5-12(8-11)19(23)24/h1-10H,(H2,20,21)(H,23,24). The number of carboxylic acids is 1. The van der Waals surface area contributed by atoms with Crippen molar-refractivity contribution in [3.63, 3.8) is 0 Å². The largest absolute Gasteiger partial charge is 0.478 e. The van der Waals surface area contributed by atoms with Gasteiger partial charge in [-0.15, -0.1) is 11.3 Å². The highest BCUT2D eigenvalue weighted by atomic mass is 32.1. The van der Waals surface area contributed by atoms with Crippen LogP contribution in [0.15, 0.2) is 60.8 Å². The number of carboxylic acid groups (broad SMARTS) is 1. The van der Waals surface area contributed by atoms with Gasteiger partial charge in [0.05, 0.1) is 21.3 Å². The Morgan fingerprint density at radius 1 is 1.04 bits per heavy atom. The van der Waals surface area contributed by atoms with E-state index in [1.54, 1.807) is 35.7 Å². The number of aromatic nitrogens is 2. The summed E-state index contributed by atoms with van der Waals surface area (Å²) in [4.78, 5) is 20.1. The van der Waals surface area contributed by atoms with E-state index >= 15 is 0 Å². The van der Waals surface area contributed by atoms with E-state index in [4.69, 9.17) is 10.8 Å². The molecule has 0 spiro atoms. The first-order chi connectivity index (χ1) is 12.1. The third-order valence-corrected chi connectivity index (χ3v) is 4.96. The zero-order valence-electron chi connectivity index (χ0n) is 13.0. The summed E-state index contributed by atoms with van der Waals surface area (Å²) in [5, 5.41) is 9.96. The molecule has 2 heterocycles. The number of fused-ring (bicyclic) bond motifs is 1. The first kappa shape index (κ1) is 15.3. The van der Waals surface area contributed by atoms with Crippen LogP contribution in [0.1, 0.15) is 10.4 Å². The monoisotopic (exact) mass is 347 g/mol. The van der Waals surface area contributed by atoms with Crippen molar-refractivity contribution in [2.24, 2.45) is 0 Å². The van der Waals surface area contributed by atoms with E-state index < -0.39 is 5.97 Å². The maximum absolute atomic E-state index is 11.2. The van der Waals surface area contributed by atoms with E-state index in [2.05, 4.69) is 9.97 Å². The van der Waals surface area contributed by atoms with Gasteiger partial charge >= 0.3 is 5.97 Å². The number of anilines is 1. The average molecular weight is 347 g/mol. The molecular weight excluding hydrogens is 334 g/mol. The second kappa shape index (κ2) is 5.99. The second-order valence-electron chi connectivity index (χ2n) is 5.53. The van der Waals surface area contributed by atoms with E-state index in [0.717, 1.165) is 31.9 Å². The molecule has 0 amide bonds. The van der Waals surface area contributed by atoms with Gasteiger partial charge in [0.15, 0.2) is 0 Å². The van der Waals surface area contributed by atoms with Crippen LogP contribution in [0.4, 0.5) is 5.82 Å². The van der Waals surface area contributed by atoms with E-state index in [9.17, 15) is 4.79 Å². The van der Waals surface area contributed by atoms with Crippen LogP contribution in [-0.2, 0) is 0 Å². The summed E-state index contributed by atoms with van der Waals surface area (Å²) in [6.07, 6.45) is 1.65. The summed E-state index contributed by atoms with van der Waals surface area (Å²) in [7, 11) is 0. The number of thiazole rings is 1. The van der Waals surface area contributed by atoms with Gasteiger partial charge in [-0.3, -0.25) is 0 Å². The Morgan fingerprint density at radius 3 is 2.68 bits per heavy atom. The lowest BCUT2D eigenvalue weighted by atomic mass is 10.0. The molecule has 0 atom stereocenters. The number of hydrogen-bond donors (Lipinski definition) is 2. The summed E-state index contributed by atoms with van der Waals surface area (Å²) < 4.78 is 1.08. The van der Waals surface area contributed by atoms with Crippen LogP contribution in [0.2, 0.25) is 0 Å². The molecule has 2 aromatic carbocycles. The summed E-state index contributed by atoms with van der Waals surface area (Å²) in [6.45, 7) is 0. The van der Waals surface area contributed by atoms with E-state index in [0.29, 0.717) is 5.82 Å². The molecule has 0 aliphatic heterocycles. The van der Waals surface area contributed by atoms with Crippen LogP contribution in [0.3, 0.4) is 0 Å². The van der Waals surface area contributed by atoms with Crippen molar-refractivity contribution in [2.45, 2.75) is 0 Å². The third kappa shape index (κ3) is 2.83. The molecule has 4 rings (SSSR count). The molecule has 4 aromatic rings. The number of aromatic carboxylic acids is 1. The number of pyridine rings is 1. The summed E-state index contributed by atoms with van der Waals surface area (Å²) in [6, 6.07) is 16.5. The summed E-state index contributed by atoms with van der Waals surface area (Å²) in [5.74, 6) is -0.561. The molecule has 0 bridgehead atoms. The van der Waals surface area contributed by atoms with Gasteiger partial charge in [-0.05, 0) is 35.9 Å². The zero-order valence-corrected chi connectivity index (χ0v) is 13.8. The normalized spacial score (nSPS) is 10.9. The molecule has 5 nitrogen and oxygen atoms in total. The third-order valence-electron chi connectivity index (χ3n) is 3.89. The maximum Gasteiger partial charge on any atom is 0.335 e. The molecule has 0 unspecified atom stereocenters. The quantitative estimate of drug-likeness (QED) is 0.576. The fourth-order valence-corrected chi connectivity index (χ4v) is 3.61. The number of nitrogens with zero attached hydrogens (tertiary/aromatic N) is 2. The van der Waals surface area contributed by atoms with Crippen LogP contribution in [0, 0.1) is 0 Å².